The van der Waals surface area contributed by atoms with E-state index in [1.54, 1.807) is 12.1 Å². The van der Waals surface area contributed by atoms with Crippen LogP contribution in [0.4, 0.5) is 9.18 Å². The predicted octanol–water partition coefficient (Wildman–Crippen LogP) is 3.86. The minimum absolute atomic E-state index is 0.0368. The molecule has 2 aromatic rings. The van der Waals surface area contributed by atoms with E-state index in [0.29, 0.717) is 25.7 Å². The molecule has 1 aliphatic carbocycles. The Morgan fingerprint density at radius 3 is 2.11 bits per heavy atom. The maximum Gasteiger partial charge on any atom is 0.315 e. The fourth-order valence-electron chi connectivity index (χ4n) is 3.50. The van der Waals surface area contributed by atoms with Gasteiger partial charge in [0.15, 0.2) is 0 Å². The lowest BCUT2D eigenvalue weighted by Gasteiger charge is -2.28. The van der Waals surface area contributed by atoms with E-state index < -0.39 is 12.0 Å². The van der Waals surface area contributed by atoms with E-state index in [4.69, 9.17) is 5.11 Å². The summed E-state index contributed by atoms with van der Waals surface area (Å²) >= 11 is 0. The number of benzene rings is 2. The van der Waals surface area contributed by atoms with Crippen LogP contribution in [-0.2, 0) is 4.79 Å². The summed E-state index contributed by atoms with van der Waals surface area (Å²) in [6.07, 6.45) is 2.44. The van der Waals surface area contributed by atoms with Crippen LogP contribution in [-0.4, -0.2) is 23.1 Å². The normalized spacial score (nSPS) is 20.5. The van der Waals surface area contributed by atoms with Crippen molar-refractivity contribution in [2.45, 2.75) is 37.8 Å². The Balaban J connectivity index is 1.66. The number of urea groups is 1. The number of halogens is 1. The second kappa shape index (κ2) is 8.66. The molecule has 27 heavy (non-hydrogen) atoms. The summed E-state index contributed by atoms with van der Waals surface area (Å²) in [5.74, 6) is -1.41. The monoisotopic (exact) mass is 370 g/mol. The van der Waals surface area contributed by atoms with Crippen LogP contribution in [0.15, 0.2) is 54.6 Å². The number of nitrogens with one attached hydrogen (secondary N) is 2. The molecule has 0 saturated heterocycles. The SMILES string of the molecule is O=C(NC1CCC(C(=O)O)CC1)NC(c1ccccc1)c1ccc(F)cc1. The Labute approximate surface area is 157 Å². The molecule has 0 aliphatic heterocycles. The summed E-state index contributed by atoms with van der Waals surface area (Å²) in [6, 6.07) is 14.8. The molecule has 6 heteroatoms. The van der Waals surface area contributed by atoms with Gasteiger partial charge >= 0.3 is 12.0 Å². The van der Waals surface area contributed by atoms with Crippen molar-refractivity contribution in [1.29, 1.82) is 0 Å². The number of carboxylic acids is 1. The third kappa shape index (κ3) is 5.06. The lowest BCUT2D eigenvalue weighted by Crippen LogP contribution is -2.45. The van der Waals surface area contributed by atoms with Gasteiger partial charge in [-0.05, 0) is 48.9 Å². The standard InChI is InChI=1S/C21H23FN2O3/c22-17-10-6-15(7-11-17)19(14-4-2-1-3-5-14)24-21(27)23-18-12-8-16(9-13-18)20(25)26/h1-7,10-11,16,18-19H,8-9,12-13H2,(H,25,26)(H2,23,24,27). The molecule has 5 nitrogen and oxygen atoms in total. The average molecular weight is 370 g/mol. The van der Waals surface area contributed by atoms with Crippen LogP contribution in [0, 0.1) is 11.7 Å². The van der Waals surface area contributed by atoms with E-state index in [9.17, 15) is 14.0 Å². The number of hydrogen-bond donors (Lipinski definition) is 3. The number of aliphatic carboxylic acids is 1. The van der Waals surface area contributed by atoms with Crippen LogP contribution in [0.3, 0.4) is 0 Å². The van der Waals surface area contributed by atoms with Gasteiger partial charge < -0.3 is 15.7 Å². The molecule has 2 aromatic carbocycles. The highest BCUT2D eigenvalue weighted by Gasteiger charge is 2.27. The van der Waals surface area contributed by atoms with Crippen molar-refractivity contribution in [1.82, 2.24) is 10.6 Å². The first-order chi connectivity index (χ1) is 13.0. The van der Waals surface area contributed by atoms with E-state index in [1.807, 2.05) is 30.3 Å². The minimum atomic E-state index is -0.765. The maximum atomic E-state index is 13.3. The number of hydrogen-bond acceptors (Lipinski definition) is 2. The average Bonchev–Trinajstić information content (AvgIpc) is 2.68. The van der Waals surface area contributed by atoms with Crippen LogP contribution in [0.1, 0.15) is 42.9 Å². The first-order valence-electron chi connectivity index (χ1n) is 9.13. The highest BCUT2D eigenvalue weighted by atomic mass is 19.1. The molecule has 0 bridgehead atoms. The van der Waals surface area contributed by atoms with E-state index in [0.717, 1.165) is 11.1 Å². The molecule has 0 spiro atoms. The molecule has 1 saturated carbocycles. The van der Waals surface area contributed by atoms with Gasteiger partial charge in [0.1, 0.15) is 5.82 Å². The zero-order valence-electron chi connectivity index (χ0n) is 14.9. The van der Waals surface area contributed by atoms with Gasteiger partial charge in [0, 0.05) is 6.04 Å². The molecule has 1 unspecified atom stereocenters. The molecule has 142 valence electrons. The van der Waals surface area contributed by atoms with Crippen LogP contribution >= 0.6 is 0 Å². The summed E-state index contributed by atoms with van der Waals surface area (Å²) in [7, 11) is 0. The Kier molecular flexibility index (Phi) is 6.06. The summed E-state index contributed by atoms with van der Waals surface area (Å²) in [6.45, 7) is 0. The van der Waals surface area contributed by atoms with E-state index in [2.05, 4.69) is 10.6 Å². The fourth-order valence-corrected chi connectivity index (χ4v) is 3.50. The van der Waals surface area contributed by atoms with Crippen molar-refractivity contribution in [3.8, 4) is 0 Å². The summed E-state index contributed by atoms with van der Waals surface area (Å²) in [5.41, 5.74) is 1.68. The molecule has 3 N–H and O–H groups in total. The maximum absolute atomic E-state index is 13.3. The van der Waals surface area contributed by atoms with Crippen molar-refractivity contribution >= 4 is 12.0 Å². The van der Waals surface area contributed by atoms with E-state index >= 15 is 0 Å². The molecule has 3 rings (SSSR count). The van der Waals surface area contributed by atoms with Crippen molar-refractivity contribution in [2.75, 3.05) is 0 Å². The van der Waals surface area contributed by atoms with Crippen molar-refractivity contribution in [3.63, 3.8) is 0 Å². The lowest BCUT2D eigenvalue weighted by atomic mass is 9.86. The van der Waals surface area contributed by atoms with Gasteiger partial charge in [-0.25, -0.2) is 9.18 Å². The number of carbonyl (C=O) groups is 2. The minimum Gasteiger partial charge on any atom is -0.481 e. The van der Waals surface area contributed by atoms with Gasteiger partial charge in [-0.2, -0.15) is 0 Å². The predicted molar refractivity (Wildman–Crippen MR) is 99.7 cm³/mol. The molecule has 1 aliphatic rings. The number of carboxylic acid groups (broad SMARTS) is 1. The summed E-state index contributed by atoms with van der Waals surface area (Å²) < 4.78 is 13.3. The van der Waals surface area contributed by atoms with Crippen LogP contribution in [0.25, 0.3) is 0 Å². The van der Waals surface area contributed by atoms with Gasteiger partial charge in [-0.15, -0.1) is 0 Å². The van der Waals surface area contributed by atoms with Crippen molar-refractivity contribution in [2.24, 2.45) is 5.92 Å². The molecule has 0 heterocycles. The Morgan fingerprint density at radius 1 is 0.926 bits per heavy atom. The Hall–Kier alpha value is -2.89. The Bertz CT molecular complexity index is 772. The van der Waals surface area contributed by atoms with E-state index in [-0.39, 0.29) is 23.8 Å². The van der Waals surface area contributed by atoms with Crippen LogP contribution in [0.2, 0.25) is 0 Å². The molecular weight excluding hydrogens is 347 g/mol. The smallest absolute Gasteiger partial charge is 0.315 e. The molecule has 0 radical (unpaired) electrons. The third-order valence-corrected chi connectivity index (χ3v) is 5.02. The molecule has 2 amide bonds. The third-order valence-electron chi connectivity index (χ3n) is 5.02. The fraction of sp³-hybridized carbons (Fsp3) is 0.333. The molecule has 1 atom stereocenters. The van der Waals surface area contributed by atoms with Crippen LogP contribution in [0.5, 0.6) is 0 Å². The second-order valence-corrected chi connectivity index (χ2v) is 6.90. The van der Waals surface area contributed by atoms with Crippen molar-refractivity contribution < 1.29 is 19.1 Å². The molecule has 1 fully saturated rings. The van der Waals surface area contributed by atoms with Gasteiger partial charge in [-0.1, -0.05) is 42.5 Å². The Morgan fingerprint density at radius 2 is 1.52 bits per heavy atom. The number of amides is 2. The van der Waals surface area contributed by atoms with Gasteiger partial charge in [0.25, 0.3) is 0 Å². The van der Waals surface area contributed by atoms with Gasteiger partial charge in [-0.3, -0.25) is 4.79 Å². The molecular formula is C21H23FN2O3. The first-order valence-corrected chi connectivity index (χ1v) is 9.13. The van der Waals surface area contributed by atoms with Crippen molar-refractivity contribution in [3.05, 3.63) is 71.5 Å². The highest BCUT2D eigenvalue weighted by Crippen LogP contribution is 2.25. The first kappa shape index (κ1) is 18.9. The molecule has 0 aromatic heterocycles. The highest BCUT2D eigenvalue weighted by molar-refractivity contribution is 5.75. The summed E-state index contributed by atoms with van der Waals surface area (Å²) in [4.78, 5) is 23.6. The van der Waals surface area contributed by atoms with E-state index in [1.165, 1.54) is 12.1 Å². The number of rotatable bonds is 5. The lowest BCUT2D eigenvalue weighted by molar-refractivity contribution is -0.142. The number of carbonyl (C=O) groups excluding carboxylic acids is 1. The quantitative estimate of drug-likeness (QED) is 0.748. The zero-order valence-corrected chi connectivity index (χ0v) is 14.9. The largest absolute Gasteiger partial charge is 0.481 e. The van der Waals surface area contributed by atoms with Gasteiger partial charge in [0.2, 0.25) is 0 Å². The zero-order chi connectivity index (χ0) is 19.2. The van der Waals surface area contributed by atoms with Crippen LogP contribution < -0.4 is 10.6 Å². The van der Waals surface area contributed by atoms with Gasteiger partial charge in [0.05, 0.1) is 12.0 Å². The second-order valence-electron chi connectivity index (χ2n) is 6.90. The topological polar surface area (TPSA) is 78.4 Å². The summed E-state index contributed by atoms with van der Waals surface area (Å²) in [5, 5.41) is 15.0.